The van der Waals surface area contributed by atoms with Crippen LogP contribution in [0.25, 0.3) is 0 Å². The van der Waals surface area contributed by atoms with Crippen LogP contribution in [0.5, 0.6) is 5.75 Å². The topological polar surface area (TPSA) is 42.0 Å². The molecule has 2 saturated heterocycles. The first-order valence-corrected chi connectivity index (χ1v) is 11.0. The van der Waals surface area contributed by atoms with E-state index in [1.807, 2.05) is 36.2 Å². The summed E-state index contributed by atoms with van der Waals surface area (Å²) in [5.74, 6) is 1.31. The summed E-state index contributed by atoms with van der Waals surface area (Å²) in [7, 11) is 1.90. The van der Waals surface area contributed by atoms with Gasteiger partial charge < -0.3 is 14.4 Å². The minimum atomic E-state index is 0.0547. The van der Waals surface area contributed by atoms with Crippen LogP contribution in [-0.2, 0) is 11.3 Å². The average Bonchev–Trinajstić information content (AvgIpc) is 3.45. The van der Waals surface area contributed by atoms with Crippen LogP contribution >= 0.6 is 0 Å². The molecule has 4 rings (SSSR count). The Morgan fingerprint density at radius 2 is 2.03 bits per heavy atom. The third kappa shape index (κ3) is 5.61. The number of hydrogen-bond donors (Lipinski definition) is 0. The molecule has 0 bridgehead atoms. The standard InChI is InChI=1S/C25H32N2O3/c1-26(16-21-12-13-27(18-21)17-20-7-3-2-4-8-20)25(28)22-9-5-10-23(15-22)30-19-24-11-6-14-29-24/h2-5,7-10,15,21,24H,6,11-14,16-19H2,1H3/t21-,24+/m1/s1. The molecule has 2 aromatic rings. The first-order valence-electron chi connectivity index (χ1n) is 11.0. The van der Waals surface area contributed by atoms with E-state index in [1.54, 1.807) is 0 Å². The molecule has 2 atom stereocenters. The Labute approximate surface area is 179 Å². The molecular weight excluding hydrogens is 376 g/mol. The minimum absolute atomic E-state index is 0.0547. The van der Waals surface area contributed by atoms with Crippen LogP contribution in [0.2, 0.25) is 0 Å². The number of likely N-dealkylation sites (tertiary alicyclic amines) is 1. The molecular formula is C25H32N2O3. The Bertz CT molecular complexity index is 820. The highest BCUT2D eigenvalue weighted by Crippen LogP contribution is 2.21. The maximum atomic E-state index is 12.9. The molecule has 2 aliphatic rings. The highest BCUT2D eigenvalue weighted by atomic mass is 16.5. The highest BCUT2D eigenvalue weighted by molar-refractivity contribution is 5.94. The van der Waals surface area contributed by atoms with E-state index < -0.39 is 0 Å². The number of nitrogens with zero attached hydrogens (tertiary/aromatic N) is 2. The smallest absolute Gasteiger partial charge is 0.253 e. The molecule has 0 saturated carbocycles. The van der Waals surface area contributed by atoms with Gasteiger partial charge in [0.1, 0.15) is 12.4 Å². The zero-order chi connectivity index (χ0) is 20.8. The van der Waals surface area contributed by atoms with E-state index in [4.69, 9.17) is 9.47 Å². The maximum Gasteiger partial charge on any atom is 0.253 e. The van der Waals surface area contributed by atoms with Crippen molar-refractivity contribution in [2.75, 3.05) is 39.9 Å². The van der Waals surface area contributed by atoms with Gasteiger partial charge in [-0.3, -0.25) is 9.69 Å². The lowest BCUT2D eigenvalue weighted by Gasteiger charge is -2.22. The fraction of sp³-hybridized carbons (Fsp3) is 0.480. The number of ether oxygens (including phenoxy) is 2. The van der Waals surface area contributed by atoms with Crippen LogP contribution in [0.15, 0.2) is 54.6 Å². The second-order valence-electron chi connectivity index (χ2n) is 8.53. The van der Waals surface area contributed by atoms with Gasteiger partial charge in [-0.25, -0.2) is 0 Å². The number of carbonyl (C=O) groups is 1. The summed E-state index contributed by atoms with van der Waals surface area (Å²) >= 11 is 0. The van der Waals surface area contributed by atoms with Crippen LogP contribution in [-0.4, -0.2) is 61.7 Å². The molecule has 0 N–H and O–H groups in total. The highest BCUT2D eigenvalue weighted by Gasteiger charge is 2.25. The zero-order valence-electron chi connectivity index (χ0n) is 17.8. The second kappa shape index (κ2) is 10.1. The summed E-state index contributed by atoms with van der Waals surface area (Å²) in [4.78, 5) is 17.3. The van der Waals surface area contributed by atoms with Crippen molar-refractivity contribution in [1.82, 2.24) is 9.80 Å². The summed E-state index contributed by atoms with van der Waals surface area (Å²) < 4.78 is 11.5. The van der Waals surface area contributed by atoms with Crippen molar-refractivity contribution in [1.29, 1.82) is 0 Å². The van der Waals surface area contributed by atoms with E-state index in [0.29, 0.717) is 18.1 Å². The maximum absolute atomic E-state index is 12.9. The lowest BCUT2D eigenvalue weighted by Crippen LogP contribution is -2.33. The molecule has 1 amide bonds. The van der Waals surface area contributed by atoms with Gasteiger partial charge in [-0.15, -0.1) is 0 Å². The quantitative estimate of drug-likeness (QED) is 0.666. The first-order chi connectivity index (χ1) is 14.7. The molecule has 160 valence electrons. The number of carbonyl (C=O) groups excluding carboxylic acids is 1. The molecule has 0 aromatic heterocycles. The van der Waals surface area contributed by atoms with E-state index in [1.165, 1.54) is 5.56 Å². The summed E-state index contributed by atoms with van der Waals surface area (Å²) in [5, 5.41) is 0. The van der Waals surface area contributed by atoms with Crippen LogP contribution in [0, 0.1) is 5.92 Å². The van der Waals surface area contributed by atoms with Gasteiger partial charge in [0.15, 0.2) is 0 Å². The predicted octanol–water partition coefficient (Wildman–Crippen LogP) is 3.84. The Hall–Kier alpha value is -2.37. The predicted molar refractivity (Wildman–Crippen MR) is 118 cm³/mol. The van der Waals surface area contributed by atoms with Crippen LogP contribution in [0.1, 0.15) is 35.2 Å². The van der Waals surface area contributed by atoms with E-state index in [-0.39, 0.29) is 12.0 Å². The minimum Gasteiger partial charge on any atom is -0.491 e. The fourth-order valence-corrected chi connectivity index (χ4v) is 4.42. The molecule has 2 aliphatic heterocycles. The van der Waals surface area contributed by atoms with Crippen molar-refractivity contribution in [2.24, 2.45) is 5.92 Å². The van der Waals surface area contributed by atoms with Crippen molar-refractivity contribution in [2.45, 2.75) is 31.9 Å². The number of amides is 1. The Morgan fingerprint density at radius 1 is 1.17 bits per heavy atom. The molecule has 0 radical (unpaired) electrons. The molecule has 0 aliphatic carbocycles. The molecule has 0 unspecified atom stereocenters. The molecule has 30 heavy (non-hydrogen) atoms. The molecule has 0 spiro atoms. The van der Waals surface area contributed by atoms with Gasteiger partial charge in [-0.05, 0) is 55.5 Å². The van der Waals surface area contributed by atoms with E-state index in [2.05, 4.69) is 35.2 Å². The molecule has 2 fully saturated rings. The van der Waals surface area contributed by atoms with Crippen molar-refractivity contribution in [3.05, 3.63) is 65.7 Å². The summed E-state index contributed by atoms with van der Waals surface area (Å²) in [6.07, 6.45) is 3.45. The Kier molecular flexibility index (Phi) is 7.03. The summed E-state index contributed by atoms with van der Waals surface area (Å²) in [6, 6.07) is 18.1. The second-order valence-corrected chi connectivity index (χ2v) is 8.53. The fourth-order valence-electron chi connectivity index (χ4n) is 4.42. The van der Waals surface area contributed by atoms with Crippen LogP contribution < -0.4 is 4.74 Å². The largest absolute Gasteiger partial charge is 0.491 e. The van der Waals surface area contributed by atoms with E-state index in [9.17, 15) is 4.79 Å². The van der Waals surface area contributed by atoms with Crippen LogP contribution in [0.4, 0.5) is 0 Å². The SMILES string of the molecule is CN(C[C@H]1CCN(Cc2ccccc2)C1)C(=O)c1cccc(OC[C@@H]2CCCO2)c1. The van der Waals surface area contributed by atoms with Gasteiger partial charge in [0.25, 0.3) is 5.91 Å². The van der Waals surface area contributed by atoms with Crippen LogP contribution in [0.3, 0.4) is 0 Å². The average molecular weight is 409 g/mol. The van der Waals surface area contributed by atoms with Gasteiger partial charge in [0, 0.05) is 38.9 Å². The number of rotatable bonds is 8. The van der Waals surface area contributed by atoms with Crippen molar-refractivity contribution in [3.63, 3.8) is 0 Å². The third-order valence-electron chi connectivity index (χ3n) is 6.04. The first kappa shape index (κ1) is 20.9. The number of hydrogen-bond acceptors (Lipinski definition) is 4. The van der Waals surface area contributed by atoms with Gasteiger partial charge in [0.05, 0.1) is 6.10 Å². The van der Waals surface area contributed by atoms with Gasteiger partial charge >= 0.3 is 0 Å². The van der Waals surface area contributed by atoms with Gasteiger partial charge in [-0.1, -0.05) is 36.4 Å². The monoisotopic (exact) mass is 408 g/mol. The normalized spacial score (nSPS) is 21.6. The lowest BCUT2D eigenvalue weighted by atomic mass is 10.1. The van der Waals surface area contributed by atoms with Crippen molar-refractivity contribution in [3.8, 4) is 5.75 Å². The lowest BCUT2D eigenvalue weighted by molar-refractivity contribution is 0.0678. The Morgan fingerprint density at radius 3 is 2.83 bits per heavy atom. The Balaban J connectivity index is 1.26. The summed E-state index contributed by atoms with van der Waals surface area (Å²) in [5.41, 5.74) is 2.03. The van der Waals surface area contributed by atoms with Gasteiger partial charge in [-0.2, -0.15) is 0 Å². The third-order valence-corrected chi connectivity index (χ3v) is 6.04. The molecule has 2 aromatic carbocycles. The van der Waals surface area contributed by atoms with E-state index in [0.717, 1.165) is 57.8 Å². The summed E-state index contributed by atoms with van der Waals surface area (Å²) in [6.45, 7) is 5.27. The van der Waals surface area contributed by atoms with Gasteiger partial charge in [0.2, 0.25) is 0 Å². The van der Waals surface area contributed by atoms with Crippen molar-refractivity contribution >= 4 is 5.91 Å². The molecule has 5 nitrogen and oxygen atoms in total. The van der Waals surface area contributed by atoms with Crippen molar-refractivity contribution < 1.29 is 14.3 Å². The molecule has 5 heteroatoms. The molecule has 2 heterocycles. The zero-order valence-corrected chi connectivity index (χ0v) is 17.8. The number of benzene rings is 2. The van der Waals surface area contributed by atoms with E-state index >= 15 is 0 Å².